The van der Waals surface area contributed by atoms with E-state index in [0.29, 0.717) is 12.2 Å². The van der Waals surface area contributed by atoms with Crippen molar-refractivity contribution in [3.8, 4) is 0 Å². The van der Waals surface area contributed by atoms with E-state index < -0.39 is 0 Å². The molecule has 0 aliphatic carbocycles. The first-order valence-corrected chi connectivity index (χ1v) is 6.85. The molecule has 90 valence electrons. The number of H-pyrrole nitrogens is 1. The van der Waals surface area contributed by atoms with Crippen LogP contribution in [0.5, 0.6) is 0 Å². The minimum Gasteiger partial charge on any atom is -0.356 e. The number of amides is 1. The topological polar surface area (TPSA) is 44.9 Å². The molecule has 2 aromatic rings. The first kappa shape index (κ1) is 12.4. The van der Waals surface area contributed by atoms with Crippen LogP contribution in [0.4, 0.5) is 0 Å². The second-order valence-corrected chi connectivity index (χ2v) is 6.12. The molecule has 0 bridgehead atoms. The second-order valence-electron chi connectivity index (χ2n) is 3.87. The van der Waals surface area contributed by atoms with Crippen molar-refractivity contribution in [2.75, 3.05) is 0 Å². The van der Waals surface area contributed by atoms with Gasteiger partial charge in [-0.05, 0) is 47.5 Å². The van der Waals surface area contributed by atoms with Crippen LogP contribution in [0.15, 0.2) is 22.8 Å². The van der Waals surface area contributed by atoms with Crippen LogP contribution in [0.25, 0.3) is 0 Å². The summed E-state index contributed by atoms with van der Waals surface area (Å²) in [5.74, 6) is -0.0839. The van der Waals surface area contributed by atoms with Crippen LogP contribution in [0.1, 0.15) is 25.8 Å². The molecular weight excluding hydrogens is 300 g/mol. The highest BCUT2D eigenvalue weighted by Crippen LogP contribution is 2.20. The predicted molar refractivity (Wildman–Crippen MR) is 73.5 cm³/mol. The van der Waals surface area contributed by atoms with Gasteiger partial charge in [-0.2, -0.15) is 0 Å². The number of aryl methyl sites for hydroxylation is 2. The van der Waals surface area contributed by atoms with E-state index >= 15 is 0 Å². The standard InChI is InChI=1S/C12H13BrN2OS/c1-7-3-10(17-8(7)2)6-15-12(16)11-4-9(13)5-14-11/h3-5,14H,6H2,1-2H3,(H,15,16). The molecule has 2 N–H and O–H groups in total. The molecule has 1 amide bonds. The van der Waals surface area contributed by atoms with Gasteiger partial charge in [0.2, 0.25) is 0 Å². The van der Waals surface area contributed by atoms with Gasteiger partial charge in [-0.25, -0.2) is 0 Å². The highest BCUT2D eigenvalue weighted by atomic mass is 79.9. The van der Waals surface area contributed by atoms with Crippen LogP contribution in [0.3, 0.4) is 0 Å². The smallest absolute Gasteiger partial charge is 0.268 e. The number of carbonyl (C=O) groups is 1. The van der Waals surface area contributed by atoms with E-state index in [1.54, 1.807) is 23.6 Å². The third kappa shape index (κ3) is 2.98. The molecule has 0 aromatic carbocycles. The van der Waals surface area contributed by atoms with Crippen molar-refractivity contribution in [3.05, 3.63) is 43.8 Å². The molecule has 2 rings (SSSR count). The van der Waals surface area contributed by atoms with E-state index in [1.807, 2.05) is 0 Å². The van der Waals surface area contributed by atoms with Gasteiger partial charge < -0.3 is 10.3 Å². The van der Waals surface area contributed by atoms with Crippen molar-refractivity contribution in [2.24, 2.45) is 0 Å². The Morgan fingerprint density at radius 1 is 1.47 bits per heavy atom. The first-order valence-electron chi connectivity index (χ1n) is 5.24. The molecule has 5 heteroatoms. The van der Waals surface area contributed by atoms with Gasteiger partial charge in [-0.3, -0.25) is 4.79 Å². The molecule has 17 heavy (non-hydrogen) atoms. The lowest BCUT2D eigenvalue weighted by atomic mass is 10.3. The summed E-state index contributed by atoms with van der Waals surface area (Å²) in [6.45, 7) is 4.75. The molecule has 3 nitrogen and oxygen atoms in total. The van der Waals surface area contributed by atoms with Gasteiger partial charge in [-0.1, -0.05) is 0 Å². The Hall–Kier alpha value is -1.07. The molecule has 0 fully saturated rings. The molecule has 0 spiro atoms. The number of aromatic nitrogens is 1. The van der Waals surface area contributed by atoms with Gasteiger partial charge in [-0.15, -0.1) is 11.3 Å². The van der Waals surface area contributed by atoms with Crippen LogP contribution in [0.2, 0.25) is 0 Å². The maximum Gasteiger partial charge on any atom is 0.268 e. The van der Waals surface area contributed by atoms with Crippen molar-refractivity contribution < 1.29 is 4.79 Å². The van der Waals surface area contributed by atoms with E-state index in [2.05, 4.69) is 46.1 Å². The Kier molecular flexibility index (Phi) is 3.69. The van der Waals surface area contributed by atoms with Crippen molar-refractivity contribution in [1.29, 1.82) is 0 Å². The van der Waals surface area contributed by atoms with E-state index in [4.69, 9.17) is 0 Å². The van der Waals surface area contributed by atoms with E-state index in [9.17, 15) is 4.79 Å². The number of halogens is 1. The maximum absolute atomic E-state index is 11.8. The average Bonchev–Trinajstić information content (AvgIpc) is 2.83. The van der Waals surface area contributed by atoms with Crippen molar-refractivity contribution in [3.63, 3.8) is 0 Å². The van der Waals surface area contributed by atoms with Gasteiger partial charge in [0.15, 0.2) is 0 Å². The van der Waals surface area contributed by atoms with Gasteiger partial charge in [0.05, 0.1) is 6.54 Å². The molecule has 0 aliphatic heterocycles. The lowest BCUT2D eigenvalue weighted by Gasteiger charge is -2.00. The van der Waals surface area contributed by atoms with Crippen LogP contribution in [-0.2, 0) is 6.54 Å². The number of rotatable bonds is 3. The monoisotopic (exact) mass is 312 g/mol. The van der Waals surface area contributed by atoms with Crippen molar-refractivity contribution in [1.82, 2.24) is 10.3 Å². The van der Waals surface area contributed by atoms with Crippen molar-refractivity contribution >= 4 is 33.2 Å². The summed E-state index contributed by atoms with van der Waals surface area (Å²) < 4.78 is 0.880. The van der Waals surface area contributed by atoms with E-state index in [-0.39, 0.29) is 5.91 Å². The third-order valence-corrected chi connectivity index (χ3v) is 4.14. The zero-order valence-corrected chi connectivity index (χ0v) is 12.0. The van der Waals surface area contributed by atoms with Crippen LogP contribution in [-0.4, -0.2) is 10.9 Å². The maximum atomic E-state index is 11.8. The Morgan fingerprint density at radius 3 is 2.76 bits per heavy atom. The Morgan fingerprint density at radius 2 is 2.24 bits per heavy atom. The van der Waals surface area contributed by atoms with Crippen LogP contribution < -0.4 is 5.32 Å². The number of thiophene rings is 1. The zero-order chi connectivity index (χ0) is 12.4. The van der Waals surface area contributed by atoms with Gasteiger partial charge in [0.1, 0.15) is 5.69 Å². The first-order chi connectivity index (χ1) is 8.06. The quantitative estimate of drug-likeness (QED) is 0.896. The molecule has 0 radical (unpaired) electrons. The third-order valence-electron chi connectivity index (χ3n) is 2.53. The minimum atomic E-state index is -0.0839. The molecule has 0 unspecified atom stereocenters. The SMILES string of the molecule is Cc1cc(CNC(=O)c2cc(Br)c[nH]2)sc1C. The highest BCUT2D eigenvalue weighted by molar-refractivity contribution is 9.10. The summed E-state index contributed by atoms with van der Waals surface area (Å²) in [6, 6.07) is 3.88. The Bertz CT molecular complexity index is 525. The molecule has 2 heterocycles. The lowest BCUT2D eigenvalue weighted by Crippen LogP contribution is -2.22. The highest BCUT2D eigenvalue weighted by Gasteiger charge is 2.08. The van der Waals surface area contributed by atoms with Crippen LogP contribution in [0, 0.1) is 13.8 Å². The predicted octanol–water partition coefficient (Wildman–Crippen LogP) is 3.39. The van der Waals surface area contributed by atoms with Gasteiger partial charge in [0.25, 0.3) is 5.91 Å². The van der Waals surface area contributed by atoms with Crippen molar-refractivity contribution in [2.45, 2.75) is 20.4 Å². The molecule has 2 aromatic heterocycles. The number of carbonyl (C=O) groups excluding carboxylic acids is 1. The molecule has 0 saturated heterocycles. The molecular formula is C12H13BrN2OS. The summed E-state index contributed by atoms with van der Waals surface area (Å²) in [5, 5.41) is 2.89. The Balaban J connectivity index is 1.96. The van der Waals surface area contributed by atoms with Crippen LogP contribution >= 0.6 is 27.3 Å². The number of nitrogens with one attached hydrogen (secondary N) is 2. The lowest BCUT2D eigenvalue weighted by molar-refractivity contribution is 0.0947. The average molecular weight is 313 g/mol. The number of aromatic amines is 1. The van der Waals surface area contributed by atoms with Gasteiger partial charge >= 0.3 is 0 Å². The fraction of sp³-hybridized carbons (Fsp3) is 0.250. The summed E-state index contributed by atoms with van der Waals surface area (Å²) in [7, 11) is 0. The largest absolute Gasteiger partial charge is 0.356 e. The van der Waals surface area contributed by atoms with E-state index in [1.165, 1.54) is 15.3 Å². The Labute approximate surface area is 112 Å². The summed E-state index contributed by atoms with van der Waals surface area (Å²) >= 11 is 5.02. The molecule has 0 saturated carbocycles. The molecule has 0 aliphatic rings. The fourth-order valence-electron chi connectivity index (χ4n) is 1.50. The normalized spacial score (nSPS) is 10.5. The fourth-order valence-corrected chi connectivity index (χ4v) is 2.84. The second kappa shape index (κ2) is 5.06. The summed E-state index contributed by atoms with van der Waals surface area (Å²) in [6.07, 6.45) is 1.74. The summed E-state index contributed by atoms with van der Waals surface area (Å²) in [5.41, 5.74) is 1.85. The van der Waals surface area contributed by atoms with E-state index in [0.717, 1.165) is 4.47 Å². The number of hydrogen-bond acceptors (Lipinski definition) is 2. The number of hydrogen-bond donors (Lipinski definition) is 2. The van der Waals surface area contributed by atoms with Gasteiger partial charge in [0, 0.05) is 20.4 Å². The summed E-state index contributed by atoms with van der Waals surface area (Å²) in [4.78, 5) is 17.1. The molecule has 0 atom stereocenters. The zero-order valence-electron chi connectivity index (χ0n) is 9.63. The minimum absolute atomic E-state index is 0.0839.